The van der Waals surface area contributed by atoms with E-state index in [0.717, 1.165) is 10.0 Å². The van der Waals surface area contributed by atoms with Crippen LogP contribution in [-0.2, 0) is 4.79 Å². The van der Waals surface area contributed by atoms with E-state index in [1.54, 1.807) is 0 Å². The third-order valence-corrected chi connectivity index (χ3v) is 3.04. The SMILES string of the molecule is O=C1C=C(O)CC(c2cccc(Br)c2)C1. The number of rotatable bonds is 1. The number of aliphatic hydroxyl groups is 1. The van der Waals surface area contributed by atoms with E-state index in [1.807, 2.05) is 24.3 Å². The van der Waals surface area contributed by atoms with Crippen LogP contribution in [0, 0.1) is 0 Å². The summed E-state index contributed by atoms with van der Waals surface area (Å²) in [5, 5.41) is 9.41. The van der Waals surface area contributed by atoms with Gasteiger partial charge in [-0.25, -0.2) is 0 Å². The number of aliphatic hydroxyl groups excluding tert-OH is 1. The molecule has 1 aliphatic rings. The van der Waals surface area contributed by atoms with Crippen molar-refractivity contribution in [3.05, 3.63) is 46.1 Å². The topological polar surface area (TPSA) is 37.3 Å². The first kappa shape index (κ1) is 10.4. The van der Waals surface area contributed by atoms with Crippen LogP contribution in [0.25, 0.3) is 0 Å². The maximum absolute atomic E-state index is 11.3. The van der Waals surface area contributed by atoms with E-state index in [2.05, 4.69) is 15.9 Å². The molecule has 1 aromatic rings. The summed E-state index contributed by atoms with van der Waals surface area (Å²) in [6.45, 7) is 0. The number of halogens is 1. The first-order valence-electron chi connectivity index (χ1n) is 4.83. The average Bonchev–Trinajstić information content (AvgIpc) is 2.16. The molecule has 3 heteroatoms. The fraction of sp³-hybridized carbons (Fsp3) is 0.250. The van der Waals surface area contributed by atoms with Crippen LogP contribution in [0.15, 0.2) is 40.6 Å². The molecule has 1 atom stereocenters. The predicted molar refractivity (Wildman–Crippen MR) is 61.8 cm³/mol. The molecule has 1 aliphatic carbocycles. The summed E-state index contributed by atoms with van der Waals surface area (Å²) in [5.74, 6) is 0.306. The van der Waals surface area contributed by atoms with E-state index < -0.39 is 0 Å². The standard InChI is InChI=1S/C12H11BrO2/c13-10-3-1-2-8(4-10)9-5-11(14)7-12(15)6-9/h1-4,7,9,14H,5-6H2. The molecule has 1 N–H and O–H groups in total. The highest BCUT2D eigenvalue weighted by atomic mass is 79.9. The Morgan fingerprint density at radius 3 is 2.80 bits per heavy atom. The largest absolute Gasteiger partial charge is 0.512 e. The Labute approximate surface area is 96.7 Å². The van der Waals surface area contributed by atoms with E-state index >= 15 is 0 Å². The van der Waals surface area contributed by atoms with E-state index in [-0.39, 0.29) is 17.5 Å². The first-order chi connectivity index (χ1) is 7.15. The van der Waals surface area contributed by atoms with Crippen LogP contribution in [-0.4, -0.2) is 10.9 Å². The zero-order valence-electron chi connectivity index (χ0n) is 8.11. The van der Waals surface area contributed by atoms with Crippen LogP contribution in [0.1, 0.15) is 24.3 Å². The van der Waals surface area contributed by atoms with Gasteiger partial charge in [-0.05, 0) is 23.6 Å². The zero-order valence-corrected chi connectivity index (χ0v) is 9.70. The lowest BCUT2D eigenvalue weighted by Gasteiger charge is -2.19. The monoisotopic (exact) mass is 266 g/mol. The Kier molecular flexibility index (Phi) is 2.91. The highest BCUT2D eigenvalue weighted by Crippen LogP contribution is 2.31. The molecule has 0 amide bonds. The van der Waals surface area contributed by atoms with Gasteiger partial charge in [-0.1, -0.05) is 28.1 Å². The van der Waals surface area contributed by atoms with Crippen LogP contribution in [0.3, 0.4) is 0 Å². The zero-order chi connectivity index (χ0) is 10.8. The second-order valence-electron chi connectivity index (χ2n) is 3.76. The Bertz CT molecular complexity index is 423. The lowest BCUT2D eigenvalue weighted by Crippen LogP contribution is -2.12. The molecule has 0 bridgehead atoms. The molecule has 0 aliphatic heterocycles. The van der Waals surface area contributed by atoms with Gasteiger partial charge in [0.15, 0.2) is 5.78 Å². The molecule has 0 heterocycles. The third-order valence-electron chi connectivity index (χ3n) is 2.55. The van der Waals surface area contributed by atoms with Crippen LogP contribution in [0.2, 0.25) is 0 Å². The van der Waals surface area contributed by atoms with Crippen molar-refractivity contribution in [2.45, 2.75) is 18.8 Å². The summed E-state index contributed by atoms with van der Waals surface area (Å²) < 4.78 is 1.00. The fourth-order valence-electron chi connectivity index (χ4n) is 1.87. The van der Waals surface area contributed by atoms with Crippen molar-refractivity contribution in [1.82, 2.24) is 0 Å². The maximum Gasteiger partial charge on any atom is 0.159 e. The molecule has 0 fully saturated rings. The van der Waals surface area contributed by atoms with Gasteiger partial charge in [-0.15, -0.1) is 0 Å². The summed E-state index contributed by atoms with van der Waals surface area (Å²) in [5.41, 5.74) is 1.09. The molecule has 1 aromatic carbocycles. The molecule has 15 heavy (non-hydrogen) atoms. The third kappa shape index (κ3) is 2.48. The van der Waals surface area contributed by atoms with Crippen molar-refractivity contribution in [2.75, 3.05) is 0 Å². The molecule has 0 radical (unpaired) electrons. The van der Waals surface area contributed by atoms with Crippen molar-refractivity contribution in [3.8, 4) is 0 Å². The minimum Gasteiger partial charge on any atom is -0.512 e. The summed E-state index contributed by atoms with van der Waals surface area (Å²) in [7, 11) is 0. The number of carbonyl (C=O) groups is 1. The van der Waals surface area contributed by atoms with Gasteiger partial charge in [0.2, 0.25) is 0 Å². The van der Waals surface area contributed by atoms with E-state index in [4.69, 9.17) is 0 Å². The summed E-state index contributed by atoms with van der Waals surface area (Å²) in [6.07, 6.45) is 2.37. The first-order valence-corrected chi connectivity index (χ1v) is 5.62. The van der Waals surface area contributed by atoms with Gasteiger partial charge in [0.25, 0.3) is 0 Å². The molecule has 1 unspecified atom stereocenters. The highest BCUT2D eigenvalue weighted by Gasteiger charge is 2.21. The van der Waals surface area contributed by atoms with Crippen LogP contribution < -0.4 is 0 Å². The molecular formula is C12H11BrO2. The van der Waals surface area contributed by atoms with Gasteiger partial charge in [0.05, 0.1) is 5.76 Å². The number of ketones is 1. The summed E-state index contributed by atoms with van der Waals surface area (Å²) >= 11 is 3.40. The Morgan fingerprint density at radius 2 is 2.13 bits per heavy atom. The molecule has 2 nitrogen and oxygen atoms in total. The Morgan fingerprint density at radius 1 is 1.33 bits per heavy atom. The quantitative estimate of drug-likeness (QED) is 0.847. The summed E-state index contributed by atoms with van der Waals surface area (Å²) in [4.78, 5) is 11.3. The fourth-order valence-corrected chi connectivity index (χ4v) is 2.28. The number of benzene rings is 1. The number of hydrogen-bond donors (Lipinski definition) is 1. The molecular weight excluding hydrogens is 256 g/mol. The molecule has 2 rings (SSSR count). The Balaban J connectivity index is 2.26. The normalized spacial score (nSPS) is 21.3. The van der Waals surface area contributed by atoms with Gasteiger partial charge < -0.3 is 5.11 Å². The highest BCUT2D eigenvalue weighted by molar-refractivity contribution is 9.10. The van der Waals surface area contributed by atoms with Crippen molar-refractivity contribution >= 4 is 21.7 Å². The summed E-state index contributed by atoms with van der Waals surface area (Å²) in [6, 6.07) is 7.88. The van der Waals surface area contributed by atoms with Crippen molar-refractivity contribution < 1.29 is 9.90 Å². The van der Waals surface area contributed by atoms with Crippen LogP contribution in [0.4, 0.5) is 0 Å². The van der Waals surface area contributed by atoms with Gasteiger partial charge in [-0.3, -0.25) is 4.79 Å². The van der Waals surface area contributed by atoms with Crippen LogP contribution >= 0.6 is 15.9 Å². The van der Waals surface area contributed by atoms with Gasteiger partial charge in [0, 0.05) is 23.4 Å². The lowest BCUT2D eigenvalue weighted by atomic mass is 9.86. The molecule has 78 valence electrons. The predicted octanol–water partition coefficient (Wildman–Crippen LogP) is 3.34. The van der Waals surface area contributed by atoms with Gasteiger partial charge in [0.1, 0.15) is 0 Å². The average molecular weight is 267 g/mol. The second kappa shape index (κ2) is 4.19. The van der Waals surface area contributed by atoms with Gasteiger partial charge in [-0.2, -0.15) is 0 Å². The van der Waals surface area contributed by atoms with E-state index in [1.165, 1.54) is 6.08 Å². The molecule has 0 aromatic heterocycles. The molecule has 0 saturated carbocycles. The minimum absolute atomic E-state index is 0.00345. The Hall–Kier alpha value is -1.09. The smallest absolute Gasteiger partial charge is 0.159 e. The maximum atomic E-state index is 11.3. The van der Waals surface area contributed by atoms with E-state index in [0.29, 0.717) is 12.8 Å². The minimum atomic E-state index is 0.00345. The van der Waals surface area contributed by atoms with E-state index in [9.17, 15) is 9.90 Å². The van der Waals surface area contributed by atoms with Crippen molar-refractivity contribution in [1.29, 1.82) is 0 Å². The van der Waals surface area contributed by atoms with Crippen molar-refractivity contribution in [3.63, 3.8) is 0 Å². The number of allylic oxidation sites excluding steroid dienone is 2. The van der Waals surface area contributed by atoms with Crippen molar-refractivity contribution in [2.24, 2.45) is 0 Å². The van der Waals surface area contributed by atoms with Gasteiger partial charge >= 0.3 is 0 Å². The lowest BCUT2D eigenvalue weighted by molar-refractivity contribution is -0.115. The number of hydrogen-bond acceptors (Lipinski definition) is 2. The molecule has 0 spiro atoms. The second-order valence-corrected chi connectivity index (χ2v) is 4.68. The molecule has 0 saturated heterocycles. The number of carbonyl (C=O) groups excluding carboxylic acids is 1. The van der Waals surface area contributed by atoms with Crippen LogP contribution in [0.5, 0.6) is 0 Å².